The summed E-state index contributed by atoms with van der Waals surface area (Å²) in [6, 6.07) is 47.8. The highest BCUT2D eigenvalue weighted by Crippen LogP contribution is 2.47. The molecule has 1 aromatic heterocycles. The van der Waals surface area contributed by atoms with Crippen molar-refractivity contribution >= 4 is 43.4 Å². The maximum Gasteiger partial charge on any atom is 0.0980 e. The molecule has 2 nitrogen and oxygen atoms in total. The molecule has 0 unspecified atom stereocenters. The molecule has 0 bridgehead atoms. The van der Waals surface area contributed by atoms with Crippen LogP contribution < -0.4 is 0 Å². The number of hydrogen-bond acceptors (Lipinski definition) is 2. The van der Waals surface area contributed by atoms with Gasteiger partial charge in [0, 0.05) is 27.6 Å². The summed E-state index contributed by atoms with van der Waals surface area (Å²) in [5.41, 5.74) is 10.6. The lowest BCUT2D eigenvalue weighted by atomic mass is 9.94. The molecule has 0 saturated heterocycles. The second-order valence-electron chi connectivity index (χ2n) is 10.6. The van der Waals surface area contributed by atoms with Crippen molar-refractivity contribution in [3.63, 3.8) is 0 Å². The summed E-state index contributed by atoms with van der Waals surface area (Å²) in [4.78, 5) is 10.9. The van der Waals surface area contributed by atoms with Gasteiger partial charge in [-0.3, -0.25) is 0 Å². The van der Waals surface area contributed by atoms with Crippen LogP contribution in [0, 0.1) is 0 Å². The minimum atomic E-state index is 0.935. The van der Waals surface area contributed by atoms with Gasteiger partial charge in [0.25, 0.3) is 0 Å². The van der Waals surface area contributed by atoms with Gasteiger partial charge in [0.1, 0.15) is 0 Å². The zero-order chi connectivity index (χ0) is 26.2. The molecule has 0 radical (unpaired) electrons. The van der Waals surface area contributed by atoms with Gasteiger partial charge in [-0.2, -0.15) is 0 Å². The topological polar surface area (TPSA) is 25.8 Å². The number of rotatable bonds is 2. The van der Waals surface area contributed by atoms with Crippen molar-refractivity contribution in [1.29, 1.82) is 0 Å². The second kappa shape index (κ2) is 8.08. The summed E-state index contributed by atoms with van der Waals surface area (Å²) < 4.78 is 0. The van der Waals surface area contributed by atoms with Crippen molar-refractivity contribution in [1.82, 2.24) is 9.97 Å². The highest BCUT2D eigenvalue weighted by molar-refractivity contribution is 6.15. The molecule has 9 rings (SSSR count). The van der Waals surface area contributed by atoms with E-state index >= 15 is 0 Å². The summed E-state index contributed by atoms with van der Waals surface area (Å²) >= 11 is 0. The lowest BCUT2D eigenvalue weighted by Gasteiger charge is -2.14. The molecule has 1 aliphatic carbocycles. The predicted octanol–water partition coefficient (Wildman–Crippen LogP) is 10.1. The highest BCUT2D eigenvalue weighted by Gasteiger charge is 2.26. The van der Waals surface area contributed by atoms with Crippen LogP contribution in [-0.4, -0.2) is 9.97 Å². The Morgan fingerprint density at radius 1 is 0.325 bits per heavy atom. The Labute approximate surface area is 231 Å². The largest absolute Gasteiger partial charge is 0.243 e. The van der Waals surface area contributed by atoms with Gasteiger partial charge in [-0.15, -0.1) is 0 Å². The van der Waals surface area contributed by atoms with Gasteiger partial charge in [0.2, 0.25) is 0 Å². The van der Waals surface area contributed by atoms with Crippen LogP contribution in [0.2, 0.25) is 0 Å². The molecule has 0 saturated carbocycles. The zero-order valence-electron chi connectivity index (χ0n) is 21.6. The Morgan fingerprint density at radius 3 is 1.27 bits per heavy atom. The minimum absolute atomic E-state index is 0.935. The average Bonchev–Trinajstić information content (AvgIpc) is 3.33. The third kappa shape index (κ3) is 3.05. The Hall–Kier alpha value is -5.34. The summed E-state index contributed by atoms with van der Waals surface area (Å²) in [6.07, 6.45) is 0. The zero-order valence-corrected chi connectivity index (χ0v) is 21.6. The average molecular weight is 507 g/mol. The van der Waals surface area contributed by atoms with E-state index < -0.39 is 0 Å². The normalized spacial score (nSPS) is 12.0. The Morgan fingerprint density at radius 2 is 0.775 bits per heavy atom. The minimum Gasteiger partial charge on any atom is -0.243 e. The van der Waals surface area contributed by atoms with Crippen LogP contribution in [0.3, 0.4) is 0 Å². The van der Waals surface area contributed by atoms with E-state index in [2.05, 4.69) is 133 Å². The van der Waals surface area contributed by atoms with Crippen molar-refractivity contribution < 1.29 is 0 Å². The molecule has 1 aliphatic rings. The molecule has 2 heteroatoms. The molecule has 0 atom stereocenters. The fourth-order valence-corrected chi connectivity index (χ4v) is 6.43. The first-order valence-electron chi connectivity index (χ1n) is 13.7. The third-order valence-electron chi connectivity index (χ3n) is 8.36. The Balaban J connectivity index is 1.37. The monoisotopic (exact) mass is 506 g/mol. The second-order valence-corrected chi connectivity index (χ2v) is 10.6. The van der Waals surface area contributed by atoms with E-state index in [0.717, 1.165) is 55.8 Å². The van der Waals surface area contributed by atoms with Gasteiger partial charge in [-0.1, -0.05) is 121 Å². The van der Waals surface area contributed by atoms with Gasteiger partial charge in [0.15, 0.2) is 0 Å². The van der Waals surface area contributed by atoms with Crippen LogP contribution in [-0.2, 0) is 0 Å². The molecule has 184 valence electrons. The maximum absolute atomic E-state index is 5.44. The molecule has 0 amide bonds. The van der Waals surface area contributed by atoms with E-state index in [1.54, 1.807) is 0 Å². The van der Waals surface area contributed by atoms with Crippen LogP contribution in [0.4, 0.5) is 0 Å². The molecule has 8 aromatic rings. The van der Waals surface area contributed by atoms with Crippen molar-refractivity contribution in [2.75, 3.05) is 0 Å². The SMILES string of the molecule is c1ccc2cc(-c3ccc(-c4ccc5ccccc5c4)c4nc5c(nc34)-c3cccc4cccc-5c34)ccc2c1. The number of hydrogen-bond donors (Lipinski definition) is 0. The molecule has 40 heavy (non-hydrogen) atoms. The maximum atomic E-state index is 5.44. The standard InChI is InChI=1S/C38H22N2/c1-3-9-26-21-28(17-15-23(26)7-1)30-19-20-31(29-18-16-24-8-2-4-10-27(24)22-29)36-35(30)39-37-32-13-5-11-25-12-6-14-33(34(25)32)38(37)40-36/h1-22H. The van der Waals surface area contributed by atoms with Crippen LogP contribution >= 0.6 is 0 Å². The molecule has 0 fully saturated rings. The highest BCUT2D eigenvalue weighted by atomic mass is 14.8. The lowest BCUT2D eigenvalue weighted by Crippen LogP contribution is -1.96. The fourth-order valence-electron chi connectivity index (χ4n) is 6.43. The third-order valence-corrected chi connectivity index (χ3v) is 8.36. The smallest absolute Gasteiger partial charge is 0.0980 e. The van der Waals surface area contributed by atoms with E-state index in [1.165, 1.54) is 32.3 Å². The lowest BCUT2D eigenvalue weighted by molar-refractivity contribution is 1.32. The fraction of sp³-hybridized carbons (Fsp3) is 0. The van der Waals surface area contributed by atoms with E-state index in [0.29, 0.717) is 0 Å². The van der Waals surface area contributed by atoms with Crippen LogP contribution in [0.25, 0.3) is 88.1 Å². The number of aromatic nitrogens is 2. The van der Waals surface area contributed by atoms with E-state index in [-0.39, 0.29) is 0 Å². The first-order chi connectivity index (χ1) is 19.8. The molecular formula is C38H22N2. The molecular weight excluding hydrogens is 484 g/mol. The van der Waals surface area contributed by atoms with Crippen molar-refractivity contribution in [2.24, 2.45) is 0 Å². The van der Waals surface area contributed by atoms with Crippen LogP contribution in [0.15, 0.2) is 133 Å². The molecule has 0 aliphatic heterocycles. The number of nitrogens with zero attached hydrogens (tertiary/aromatic N) is 2. The number of fused-ring (bicyclic) bond motifs is 6. The van der Waals surface area contributed by atoms with Gasteiger partial charge >= 0.3 is 0 Å². The summed E-state index contributed by atoms with van der Waals surface area (Å²) in [7, 11) is 0. The molecule has 1 heterocycles. The van der Waals surface area contributed by atoms with Crippen molar-refractivity contribution in [3.8, 4) is 44.8 Å². The van der Waals surface area contributed by atoms with E-state index in [9.17, 15) is 0 Å². The first-order valence-corrected chi connectivity index (χ1v) is 13.7. The van der Waals surface area contributed by atoms with Crippen molar-refractivity contribution in [3.05, 3.63) is 133 Å². The summed E-state index contributed by atoms with van der Waals surface area (Å²) in [5, 5.41) is 7.38. The van der Waals surface area contributed by atoms with Gasteiger partial charge < -0.3 is 0 Å². The quantitative estimate of drug-likeness (QED) is 0.233. The Kier molecular flexibility index (Phi) is 4.36. The molecule has 0 N–H and O–H groups in total. The van der Waals surface area contributed by atoms with Crippen LogP contribution in [0.5, 0.6) is 0 Å². The Bertz CT molecular complexity index is 2170. The van der Waals surface area contributed by atoms with Gasteiger partial charge in [-0.05, 0) is 50.2 Å². The summed E-state index contributed by atoms with van der Waals surface area (Å²) in [5.74, 6) is 0. The van der Waals surface area contributed by atoms with Gasteiger partial charge in [-0.25, -0.2) is 9.97 Å². The van der Waals surface area contributed by atoms with Crippen molar-refractivity contribution in [2.45, 2.75) is 0 Å². The van der Waals surface area contributed by atoms with E-state index in [1.807, 2.05) is 0 Å². The first kappa shape index (κ1) is 21.6. The number of benzene rings is 7. The molecule has 0 spiro atoms. The van der Waals surface area contributed by atoms with Crippen LogP contribution in [0.1, 0.15) is 0 Å². The van der Waals surface area contributed by atoms with E-state index in [4.69, 9.17) is 9.97 Å². The predicted molar refractivity (Wildman–Crippen MR) is 167 cm³/mol. The van der Waals surface area contributed by atoms with Gasteiger partial charge in [0.05, 0.1) is 22.4 Å². The summed E-state index contributed by atoms with van der Waals surface area (Å²) in [6.45, 7) is 0. The molecule has 7 aromatic carbocycles.